The molecule has 0 bridgehead atoms. The lowest BCUT2D eigenvalue weighted by molar-refractivity contribution is 0.0997. The van der Waals surface area contributed by atoms with Crippen LogP contribution < -0.4 is 10.5 Å². The fourth-order valence-corrected chi connectivity index (χ4v) is 2.61. The number of hydrogen-bond acceptors (Lipinski definition) is 4. The lowest BCUT2D eigenvalue weighted by Crippen LogP contribution is -2.14. The Bertz CT molecular complexity index is 688. The Kier molecular flexibility index (Phi) is 3.40. The predicted octanol–water partition coefficient (Wildman–Crippen LogP) is 2.62. The molecule has 0 fully saturated rings. The van der Waals surface area contributed by atoms with E-state index in [0.717, 1.165) is 35.0 Å². The van der Waals surface area contributed by atoms with E-state index in [-0.39, 0.29) is 5.88 Å². The molecule has 0 aromatic carbocycles. The van der Waals surface area contributed by atoms with Crippen LogP contribution in [-0.4, -0.2) is 15.9 Å². The van der Waals surface area contributed by atoms with Gasteiger partial charge in [-0.25, -0.2) is 4.98 Å². The number of carbonyl (C=O) groups excluding carboxylic acids is 1. The van der Waals surface area contributed by atoms with Gasteiger partial charge in [0.15, 0.2) is 0 Å². The van der Waals surface area contributed by atoms with Crippen LogP contribution in [0.2, 0.25) is 0 Å². The number of nitrogens with two attached hydrogens (primary N) is 1. The lowest BCUT2D eigenvalue weighted by atomic mass is 10.1. The second-order valence-electron chi connectivity index (χ2n) is 4.61. The number of fused-ring (bicyclic) bond motifs is 1. The fourth-order valence-electron chi connectivity index (χ4n) is 2.27. The maximum absolute atomic E-state index is 11.6. The standard InChI is InChI=1S/C14H12BrN3O2/c15-9-5-10(7-17-6-9)20-14-11(13(16)19)4-8-2-1-3-12(8)18-14/h4-7H,1-3H2,(H2,16,19). The number of ether oxygens (including phenoxy) is 1. The number of hydrogen-bond donors (Lipinski definition) is 1. The van der Waals surface area contributed by atoms with Gasteiger partial charge in [-0.2, -0.15) is 0 Å². The summed E-state index contributed by atoms with van der Waals surface area (Å²) in [6, 6.07) is 3.55. The van der Waals surface area contributed by atoms with Gasteiger partial charge in [0.2, 0.25) is 5.88 Å². The number of amides is 1. The predicted molar refractivity (Wildman–Crippen MR) is 76.8 cm³/mol. The minimum absolute atomic E-state index is 0.248. The van der Waals surface area contributed by atoms with Crippen LogP contribution in [0.15, 0.2) is 29.0 Å². The Morgan fingerprint density at radius 3 is 2.90 bits per heavy atom. The van der Waals surface area contributed by atoms with Crippen molar-refractivity contribution in [1.29, 1.82) is 0 Å². The topological polar surface area (TPSA) is 78.1 Å². The molecule has 0 unspecified atom stereocenters. The summed E-state index contributed by atoms with van der Waals surface area (Å²) >= 11 is 3.32. The number of rotatable bonds is 3. The highest BCUT2D eigenvalue weighted by Gasteiger charge is 2.20. The van der Waals surface area contributed by atoms with Crippen LogP contribution in [0, 0.1) is 0 Å². The van der Waals surface area contributed by atoms with Crippen molar-refractivity contribution in [3.8, 4) is 11.6 Å². The van der Waals surface area contributed by atoms with Crippen molar-refractivity contribution in [2.75, 3.05) is 0 Å². The van der Waals surface area contributed by atoms with Crippen molar-refractivity contribution in [3.63, 3.8) is 0 Å². The van der Waals surface area contributed by atoms with Crippen LogP contribution >= 0.6 is 15.9 Å². The Labute approximate surface area is 124 Å². The normalized spacial score (nSPS) is 13.1. The summed E-state index contributed by atoms with van der Waals surface area (Å²) in [5, 5.41) is 0. The molecular weight excluding hydrogens is 322 g/mol. The van der Waals surface area contributed by atoms with Crippen LogP contribution in [0.3, 0.4) is 0 Å². The third-order valence-corrected chi connectivity index (χ3v) is 3.61. The van der Waals surface area contributed by atoms with Gasteiger partial charge in [-0.1, -0.05) is 0 Å². The largest absolute Gasteiger partial charge is 0.437 e. The monoisotopic (exact) mass is 333 g/mol. The second-order valence-corrected chi connectivity index (χ2v) is 5.52. The molecule has 0 saturated heterocycles. The van der Waals surface area contributed by atoms with Gasteiger partial charge in [0, 0.05) is 16.4 Å². The van der Waals surface area contributed by atoms with Crippen molar-refractivity contribution in [2.45, 2.75) is 19.3 Å². The first-order chi connectivity index (χ1) is 9.63. The van der Waals surface area contributed by atoms with Crippen molar-refractivity contribution in [3.05, 3.63) is 45.8 Å². The van der Waals surface area contributed by atoms with E-state index < -0.39 is 5.91 Å². The Morgan fingerprint density at radius 2 is 2.15 bits per heavy atom. The highest BCUT2D eigenvalue weighted by atomic mass is 79.9. The van der Waals surface area contributed by atoms with E-state index in [1.807, 2.05) is 0 Å². The smallest absolute Gasteiger partial charge is 0.254 e. The third-order valence-electron chi connectivity index (χ3n) is 3.18. The molecule has 2 aromatic rings. The number of halogens is 1. The minimum atomic E-state index is -0.537. The van der Waals surface area contributed by atoms with E-state index in [2.05, 4.69) is 25.9 Å². The fraction of sp³-hybridized carbons (Fsp3) is 0.214. The summed E-state index contributed by atoms with van der Waals surface area (Å²) < 4.78 is 6.46. The van der Waals surface area contributed by atoms with Gasteiger partial charge >= 0.3 is 0 Å². The number of aryl methyl sites for hydroxylation is 2. The van der Waals surface area contributed by atoms with Crippen molar-refractivity contribution >= 4 is 21.8 Å². The number of pyridine rings is 2. The van der Waals surface area contributed by atoms with Gasteiger partial charge in [-0.15, -0.1) is 0 Å². The molecule has 6 heteroatoms. The molecule has 0 spiro atoms. The molecule has 2 heterocycles. The molecule has 1 aliphatic carbocycles. The number of primary amides is 1. The molecule has 2 N–H and O–H groups in total. The average Bonchev–Trinajstić information content (AvgIpc) is 2.84. The average molecular weight is 334 g/mol. The molecule has 102 valence electrons. The molecule has 0 atom stereocenters. The minimum Gasteiger partial charge on any atom is -0.437 e. The van der Waals surface area contributed by atoms with Crippen LogP contribution in [0.4, 0.5) is 0 Å². The van der Waals surface area contributed by atoms with Crippen molar-refractivity contribution < 1.29 is 9.53 Å². The number of aromatic nitrogens is 2. The molecule has 0 radical (unpaired) electrons. The SMILES string of the molecule is NC(=O)c1cc2c(nc1Oc1cncc(Br)c1)CCC2. The summed E-state index contributed by atoms with van der Waals surface area (Å²) in [7, 11) is 0. The highest BCUT2D eigenvalue weighted by molar-refractivity contribution is 9.10. The molecular formula is C14H12BrN3O2. The van der Waals surface area contributed by atoms with Gasteiger partial charge in [0.25, 0.3) is 5.91 Å². The second kappa shape index (κ2) is 5.20. The van der Waals surface area contributed by atoms with Gasteiger partial charge in [-0.3, -0.25) is 9.78 Å². The first kappa shape index (κ1) is 13.1. The van der Waals surface area contributed by atoms with E-state index >= 15 is 0 Å². The van der Waals surface area contributed by atoms with Crippen molar-refractivity contribution in [2.24, 2.45) is 5.73 Å². The molecule has 2 aromatic heterocycles. The first-order valence-corrected chi connectivity index (χ1v) is 7.04. The number of nitrogens with zero attached hydrogens (tertiary/aromatic N) is 2. The Morgan fingerprint density at radius 1 is 1.30 bits per heavy atom. The zero-order valence-electron chi connectivity index (χ0n) is 10.6. The molecule has 1 amide bonds. The van der Waals surface area contributed by atoms with E-state index in [0.29, 0.717) is 11.3 Å². The first-order valence-electron chi connectivity index (χ1n) is 6.24. The Balaban J connectivity index is 2.01. The highest BCUT2D eigenvalue weighted by Crippen LogP contribution is 2.29. The third kappa shape index (κ3) is 2.51. The van der Waals surface area contributed by atoms with E-state index in [1.54, 1.807) is 24.5 Å². The maximum Gasteiger partial charge on any atom is 0.254 e. The van der Waals surface area contributed by atoms with Gasteiger partial charge < -0.3 is 10.5 Å². The molecule has 0 saturated carbocycles. The van der Waals surface area contributed by atoms with Crippen molar-refractivity contribution in [1.82, 2.24) is 9.97 Å². The van der Waals surface area contributed by atoms with Gasteiger partial charge in [-0.05, 0) is 52.9 Å². The summed E-state index contributed by atoms with van der Waals surface area (Å²) in [6.07, 6.45) is 6.09. The quantitative estimate of drug-likeness (QED) is 0.936. The van der Waals surface area contributed by atoms with Gasteiger partial charge in [0.1, 0.15) is 11.3 Å². The zero-order chi connectivity index (χ0) is 14.1. The molecule has 20 heavy (non-hydrogen) atoms. The van der Waals surface area contributed by atoms with Crippen LogP contribution in [-0.2, 0) is 12.8 Å². The van der Waals surface area contributed by atoms with E-state index in [4.69, 9.17) is 10.5 Å². The van der Waals surface area contributed by atoms with E-state index in [1.165, 1.54) is 0 Å². The maximum atomic E-state index is 11.6. The van der Waals surface area contributed by atoms with E-state index in [9.17, 15) is 4.79 Å². The summed E-state index contributed by atoms with van der Waals surface area (Å²) in [4.78, 5) is 20.0. The zero-order valence-corrected chi connectivity index (χ0v) is 12.2. The van der Waals surface area contributed by atoms with Crippen LogP contribution in [0.5, 0.6) is 11.6 Å². The summed E-state index contributed by atoms with van der Waals surface area (Å²) in [5.74, 6) is 0.218. The summed E-state index contributed by atoms with van der Waals surface area (Å²) in [5.41, 5.74) is 7.78. The van der Waals surface area contributed by atoms with Gasteiger partial charge in [0.05, 0.1) is 6.20 Å². The molecule has 3 rings (SSSR count). The van der Waals surface area contributed by atoms with Crippen LogP contribution in [0.1, 0.15) is 28.0 Å². The molecule has 0 aliphatic heterocycles. The molecule has 5 nitrogen and oxygen atoms in total. The van der Waals surface area contributed by atoms with Crippen LogP contribution in [0.25, 0.3) is 0 Å². The Hall–Kier alpha value is -1.95. The number of carbonyl (C=O) groups is 1. The lowest BCUT2D eigenvalue weighted by Gasteiger charge is -2.10. The molecule has 1 aliphatic rings. The summed E-state index contributed by atoms with van der Waals surface area (Å²) in [6.45, 7) is 0.